The molecule has 0 aliphatic carbocycles. The van der Waals surface area contributed by atoms with Crippen LogP contribution in [0.2, 0.25) is 0 Å². The molecule has 0 fully saturated rings. The van der Waals surface area contributed by atoms with Crippen molar-refractivity contribution in [3.63, 3.8) is 0 Å². The van der Waals surface area contributed by atoms with Crippen LogP contribution in [0.1, 0.15) is 45.1 Å². The summed E-state index contributed by atoms with van der Waals surface area (Å²) in [5.41, 5.74) is -0.684. The smallest absolute Gasteiger partial charge is 0.300 e. The second-order valence-electron chi connectivity index (χ2n) is 4.75. The molecule has 0 saturated heterocycles. The molecule has 0 radical (unpaired) electrons. The average molecular weight is 303 g/mol. The number of hydrogen-bond donors (Lipinski definition) is 2. The SMILES string of the molecule is CCCCc1cc(O)n(CCCC)c(=O)c1S(=O)(=O)O. The molecule has 0 unspecified atom stereocenters. The van der Waals surface area contributed by atoms with Crippen LogP contribution in [-0.2, 0) is 23.1 Å². The van der Waals surface area contributed by atoms with Crippen molar-refractivity contribution >= 4 is 10.1 Å². The zero-order chi connectivity index (χ0) is 15.3. The first-order valence-electron chi connectivity index (χ1n) is 6.76. The molecule has 0 saturated carbocycles. The number of aromatic nitrogens is 1. The summed E-state index contributed by atoms with van der Waals surface area (Å²) in [6.45, 7) is 4.06. The molecule has 7 heteroatoms. The maximum Gasteiger partial charge on any atom is 0.300 e. The van der Waals surface area contributed by atoms with Gasteiger partial charge in [0, 0.05) is 12.6 Å². The molecule has 114 valence electrons. The molecule has 1 aromatic heterocycles. The van der Waals surface area contributed by atoms with Crippen LogP contribution < -0.4 is 5.56 Å². The van der Waals surface area contributed by atoms with Crippen molar-refractivity contribution in [2.75, 3.05) is 0 Å². The van der Waals surface area contributed by atoms with Crippen LogP contribution in [0.5, 0.6) is 5.88 Å². The summed E-state index contributed by atoms with van der Waals surface area (Å²) in [7, 11) is -4.60. The Morgan fingerprint density at radius 2 is 1.80 bits per heavy atom. The minimum absolute atomic E-state index is 0.171. The number of hydrogen-bond acceptors (Lipinski definition) is 4. The molecule has 0 spiro atoms. The maximum absolute atomic E-state index is 12.2. The lowest BCUT2D eigenvalue weighted by molar-refractivity contribution is 0.395. The van der Waals surface area contributed by atoms with Crippen LogP contribution >= 0.6 is 0 Å². The lowest BCUT2D eigenvalue weighted by atomic mass is 10.1. The van der Waals surface area contributed by atoms with E-state index in [1.54, 1.807) is 0 Å². The molecular formula is C13H21NO5S. The van der Waals surface area contributed by atoms with E-state index in [2.05, 4.69) is 0 Å². The summed E-state index contributed by atoms with van der Waals surface area (Å²) >= 11 is 0. The van der Waals surface area contributed by atoms with Gasteiger partial charge in [-0.1, -0.05) is 26.7 Å². The molecule has 0 aromatic carbocycles. The highest BCUT2D eigenvalue weighted by Gasteiger charge is 2.23. The standard InChI is InChI=1S/C13H21NO5S/c1-3-5-7-10-9-11(15)14(8-6-4-2)13(16)12(10)20(17,18)19/h9,15H,3-8H2,1-2H3,(H,17,18,19). The summed E-state index contributed by atoms with van der Waals surface area (Å²) in [6.07, 6.45) is 3.23. The Morgan fingerprint density at radius 1 is 1.20 bits per heavy atom. The number of unbranched alkanes of at least 4 members (excludes halogenated alkanes) is 2. The monoisotopic (exact) mass is 303 g/mol. The van der Waals surface area contributed by atoms with E-state index >= 15 is 0 Å². The minimum Gasteiger partial charge on any atom is -0.494 e. The van der Waals surface area contributed by atoms with Gasteiger partial charge in [0.25, 0.3) is 15.7 Å². The zero-order valence-electron chi connectivity index (χ0n) is 11.8. The van der Waals surface area contributed by atoms with Crippen LogP contribution in [0.15, 0.2) is 15.8 Å². The normalized spacial score (nSPS) is 11.8. The number of rotatable bonds is 7. The number of aromatic hydroxyl groups is 1. The van der Waals surface area contributed by atoms with Crippen molar-refractivity contribution in [2.45, 2.75) is 57.4 Å². The van der Waals surface area contributed by atoms with Crippen molar-refractivity contribution in [2.24, 2.45) is 0 Å². The fourth-order valence-corrected chi connectivity index (χ4v) is 2.85. The Morgan fingerprint density at radius 3 is 2.30 bits per heavy atom. The first kappa shape index (κ1) is 16.7. The highest BCUT2D eigenvalue weighted by Crippen LogP contribution is 2.19. The number of aryl methyl sites for hydroxylation is 1. The van der Waals surface area contributed by atoms with Gasteiger partial charge in [-0.15, -0.1) is 0 Å². The Balaban J connectivity index is 3.45. The third-order valence-corrected chi connectivity index (χ3v) is 4.06. The molecule has 20 heavy (non-hydrogen) atoms. The van der Waals surface area contributed by atoms with Crippen molar-refractivity contribution in [3.8, 4) is 5.88 Å². The Kier molecular flexibility index (Phi) is 5.76. The minimum atomic E-state index is -4.60. The fraction of sp³-hybridized carbons (Fsp3) is 0.615. The fourth-order valence-electron chi connectivity index (χ4n) is 2.02. The molecular weight excluding hydrogens is 282 g/mol. The van der Waals surface area contributed by atoms with Gasteiger partial charge < -0.3 is 5.11 Å². The van der Waals surface area contributed by atoms with E-state index in [1.807, 2.05) is 13.8 Å². The lowest BCUT2D eigenvalue weighted by Crippen LogP contribution is -2.27. The van der Waals surface area contributed by atoms with E-state index in [0.717, 1.165) is 17.4 Å². The first-order valence-corrected chi connectivity index (χ1v) is 8.20. The van der Waals surface area contributed by atoms with Crippen molar-refractivity contribution in [1.82, 2.24) is 4.57 Å². The highest BCUT2D eigenvalue weighted by atomic mass is 32.2. The summed E-state index contributed by atoms with van der Waals surface area (Å²) in [5, 5.41) is 9.87. The summed E-state index contributed by atoms with van der Waals surface area (Å²) < 4.78 is 33.1. The van der Waals surface area contributed by atoms with E-state index in [1.165, 1.54) is 6.07 Å². The topological polar surface area (TPSA) is 96.6 Å². The molecule has 1 rings (SSSR count). The maximum atomic E-state index is 12.2. The molecule has 1 aromatic rings. The van der Waals surface area contributed by atoms with Crippen LogP contribution in [0.4, 0.5) is 0 Å². The first-order chi connectivity index (χ1) is 9.32. The van der Waals surface area contributed by atoms with Gasteiger partial charge in [0.15, 0.2) is 10.8 Å². The second kappa shape index (κ2) is 6.90. The van der Waals surface area contributed by atoms with Crippen molar-refractivity contribution in [1.29, 1.82) is 0 Å². The summed E-state index contributed by atoms with van der Waals surface area (Å²) in [6, 6.07) is 1.26. The van der Waals surface area contributed by atoms with Gasteiger partial charge in [0.1, 0.15) is 0 Å². The number of pyridine rings is 1. The van der Waals surface area contributed by atoms with Gasteiger partial charge in [0.2, 0.25) is 0 Å². The van der Waals surface area contributed by atoms with E-state index in [9.17, 15) is 22.9 Å². The van der Waals surface area contributed by atoms with Gasteiger partial charge in [-0.05, 0) is 24.8 Å². The molecule has 6 nitrogen and oxygen atoms in total. The Bertz CT molecular complexity index is 618. The predicted molar refractivity (Wildman–Crippen MR) is 75.7 cm³/mol. The van der Waals surface area contributed by atoms with Crippen LogP contribution in [0.25, 0.3) is 0 Å². The van der Waals surface area contributed by atoms with Crippen LogP contribution in [0.3, 0.4) is 0 Å². The Hall–Kier alpha value is -1.34. The van der Waals surface area contributed by atoms with Crippen molar-refractivity contribution < 1.29 is 18.1 Å². The molecule has 0 aliphatic rings. The lowest BCUT2D eigenvalue weighted by Gasteiger charge is -2.13. The Labute approximate surface area is 118 Å². The zero-order valence-corrected chi connectivity index (χ0v) is 12.6. The molecule has 0 atom stereocenters. The molecule has 0 amide bonds. The molecule has 1 heterocycles. The largest absolute Gasteiger partial charge is 0.494 e. The predicted octanol–water partition coefficient (Wildman–Crippen LogP) is 1.94. The van der Waals surface area contributed by atoms with E-state index in [-0.39, 0.29) is 18.0 Å². The van der Waals surface area contributed by atoms with E-state index in [0.29, 0.717) is 19.3 Å². The molecule has 0 bridgehead atoms. The third kappa shape index (κ3) is 3.83. The second-order valence-corrected chi connectivity index (χ2v) is 6.10. The molecule has 0 aliphatic heterocycles. The summed E-state index contributed by atoms with van der Waals surface area (Å²) in [4.78, 5) is 11.6. The van der Waals surface area contributed by atoms with Gasteiger partial charge in [-0.3, -0.25) is 13.9 Å². The van der Waals surface area contributed by atoms with Gasteiger partial charge >= 0.3 is 0 Å². The molecule has 2 N–H and O–H groups in total. The van der Waals surface area contributed by atoms with E-state index in [4.69, 9.17) is 0 Å². The summed E-state index contributed by atoms with van der Waals surface area (Å²) in [5.74, 6) is -0.262. The quantitative estimate of drug-likeness (QED) is 0.750. The van der Waals surface area contributed by atoms with E-state index < -0.39 is 20.6 Å². The highest BCUT2D eigenvalue weighted by molar-refractivity contribution is 7.85. The average Bonchev–Trinajstić information content (AvgIpc) is 2.33. The third-order valence-electron chi connectivity index (χ3n) is 3.10. The van der Waals surface area contributed by atoms with Crippen LogP contribution in [-0.4, -0.2) is 22.6 Å². The number of nitrogens with zero attached hydrogens (tertiary/aromatic N) is 1. The van der Waals surface area contributed by atoms with Gasteiger partial charge in [-0.25, -0.2) is 0 Å². The van der Waals surface area contributed by atoms with Crippen LogP contribution in [0, 0.1) is 0 Å². The van der Waals surface area contributed by atoms with Crippen molar-refractivity contribution in [3.05, 3.63) is 22.0 Å². The van der Waals surface area contributed by atoms with Gasteiger partial charge in [-0.2, -0.15) is 8.42 Å². The van der Waals surface area contributed by atoms with Gasteiger partial charge in [0.05, 0.1) is 0 Å².